The molecule has 160 valence electrons. The Labute approximate surface area is 180 Å². The van der Waals surface area contributed by atoms with Crippen molar-refractivity contribution in [2.75, 3.05) is 24.3 Å². The fourth-order valence-corrected chi connectivity index (χ4v) is 3.87. The monoisotopic (exact) mass is 407 g/mol. The number of rotatable bonds is 9. The minimum atomic E-state index is -0.127. The van der Waals surface area contributed by atoms with E-state index in [9.17, 15) is 9.59 Å². The zero-order valence-corrected chi connectivity index (χ0v) is 18.5. The van der Waals surface area contributed by atoms with Gasteiger partial charge in [0.25, 0.3) is 0 Å². The van der Waals surface area contributed by atoms with Crippen molar-refractivity contribution in [2.45, 2.75) is 58.0 Å². The van der Waals surface area contributed by atoms with Crippen LogP contribution in [0, 0.1) is 0 Å². The fourth-order valence-electron chi connectivity index (χ4n) is 3.87. The van der Waals surface area contributed by atoms with E-state index >= 15 is 0 Å². The molecule has 3 rings (SSSR count). The van der Waals surface area contributed by atoms with Crippen LogP contribution in [0.1, 0.15) is 56.6 Å². The summed E-state index contributed by atoms with van der Waals surface area (Å²) < 4.78 is 0. The largest absolute Gasteiger partial charge is 0.377 e. The average Bonchev–Trinajstić information content (AvgIpc) is 3.58. The molecule has 0 unspecified atom stereocenters. The van der Waals surface area contributed by atoms with Crippen molar-refractivity contribution in [2.24, 2.45) is 0 Å². The predicted molar refractivity (Wildman–Crippen MR) is 123 cm³/mol. The van der Waals surface area contributed by atoms with Gasteiger partial charge in [-0.3, -0.25) is 9.59 Å². The molecular weight excluding hydrogens is 374 g/mol. The first kappa shape index (κ1) is 21.9. The zero-order chi connectivity index (χ0) is 21.7. The average molecular weight is 408 g/mol. The summed E-state index contributed by atoms with van der Waals surface area (Å²) in [5.74, 6) is 0.0558. The van der Waals surface area contributed by atoms with Crippen molar-refractivity contribution in [1.82, 2.24) is 4.90 Å². The molecular formula is C25H33N3O2. The molecule has 2 aromatic carbocycles. The highest BCUT2D eigenvalue weighted by molar-refractivity contribution is 5.91. The third kappa shape index (κ3) is 5.21. The van der Waals surface area contributed by atoms with Crippen LogP contribution in [0.25, 0.3) is 0 Å². The molecule has 0 aromatic heterocycles. The first-order valence-electron chi connectivity index (χ1n) is 10.9. The van der Waals surface area contributed by atoms with Crippen molar-refractivity contribution in [3.8, 4) is 0 Å². The minimum absolute atomic E-state index is 0.0104. The van der Waals surface area contributed by atoms with E-state index < -0.39 is 0 Å². The first-order valence-corrected chi connectivity index (χ1v) is 10.9. The summed E-state index contributed by atoms with van der Waals surface area (Å²) in [6, 6.07) is 16.3. The molecule has 0 aliphatic heterocycles. The lowest BCUT2D eigenvalue weighted by Gasteiger charge is -2.29. The first-order chi connectivity index (χ1) is 14.4. The van der Waals surface area contributed by atoms with Crippen LogP contribution in [0.4, 0.5) is 11.4 Å². The highest BCUT2D eigenvalue weighted by atomic mass is 16.2. The number of nitrogens with one attached hydrogen (secondary N) is 1. The van der Waals surface area contributed by atoms with Gasteiger partial charge in [-0.1, -0.05) is 44.2 Å². The summed E-state index contributed by atoms with van der Waals surface area (Å²) >= 11 is 0. The Kier molecular flexibility index (Phi) is 7.14. The van der Waals surface area contributed by atoms with Crippen LogP contribution in [0.5, 0.6) is 0 Å². The number of amides is 2. The van der Waals surface area contributed by atoms with Crippen LogP contribution >= 0.6 is 0 Å². The lowest BCUT2D eigenvalue weighted by atomic mass is 9.94. The number of hydrogen-bond acceptors (Lipinski definition) is 3. The normalized spacial score (nSPS) is 14.1. The van der Waals surface area contributed by atoms with Crippen molar-refractivity contribution >= 4 is 23.2 Å². The Morgan fingerprint density at radius 2 is 1.77 bits per heavy atom. The summed E-state index contributed by atoms with van der Waals surface area (Å²) in [5, 5.41) is 2.94. The molecule has 1 saturated carbocycles. The molecule has 1 fully saturated rings. The van der Waals surface area contributed by atoms with Crippen LogP contribution in [0.3, 0.4) is 0 Å². The quantitative estimate of drug-likeness (QED) is 0.650. The molecule has 1 N–H and O–H groups in total. The maximum absolute atomic E-state index is 13.6. The van der Waals surface area contributed by atoms with Gasteiger partial charge in [-0.15, -0.1) is 0 Å². The van der Waals surface area contributed by atoms with E-state index in [1.807, 2.05) is 69.6 Å². The molecule has 0 heterocycles. The highest BCUT2D eigenvalue weighted by Gasteiger charge is 2.36. The summed E-state index contributed by atoms with van der Waals surface area (Å²) in [7, 11) is 4.01. The number of nitrogens with zero attached hydrogens (tertiary/aromatic N) is 2. The molecule has 5 heteroatoms. The molecule has 0 saturated heterocycles. The molecule has 2 amide bonds. The van der Waals surface area contributed by atoms with Gasteiger partial charge in [-0.2, -0.15) is 0 Å². The van der Waals surface area contributed by atoms with Crippen molar-refractivity contribution in [1.29, 1.82) is 0 Å². The Morgan fingerprint density at radius 1 is 1.07 bits per heavy atom. The third-order valence-electron chi connectivity index (χ3n) is 5.69. The van der Waals surface area contributed by atoms with Gasteiger partial charge in [0.05, 0.1) is 5.92 Å². The van der Waals surface area contributed by atoms with E-state index in [4.69, 9.17) is 0 Å². The second-order valence-electron chi connectivity index (χ2n) is 8.21. The van der Waals surface area contributed by atoms with Crippen molar-refractivity contribution in [3.05, 3.63) is 59.7 Å². The second-order valence-corrected chi connectivity index (χ2v) is 8.21. The van der Waals surface area contributed by atoms with E-state index in [2.05, 4.69) is 22.0 Å². The van der Waals surface area contributed by atoms with E-state index in [0.29, 0.717) is 19.0 Å². The van der Waals surface area contributed by atoms with Gasteiger partial charge in [0.2, 0.25) is 11.8 Å². The zero-order valence-electron chi connectivity index (χ0n) is 18.5. The fraction of sp³-hybridized carbons (Fsp3) is 0.440. The maximum atomic E-state index is 13.6. The summed E-state index contributed by atoms with van der Waals surface area (Å²) in [6.45, 7) is 4.47. The van der Waals surface area contributed by atoms with Gasteiger partial charge in [-0.05, 0) is 48.6 Å². The SMILES string of the molecule is CCC(=O)Nc1ccc(N(C)C)c(CN(C(=O)[C@@H](CC)c2ccccc2)C2CC2)c1. The van der Waals surface area contributed by atoms with E-state index in [-0.39, 0.29) is 17.7 Å². The Bertz CT molecular complexity index is 875. The van der Waals surface area contributed by atoms with Gasteiger partial charge in [0.1, 0.15) is 0 Å². The van der Waals surface area contributed by atoms with Crippen LogP contribution in [0.15, 0.2) is 48.5 Å². The minimum Gasteiger partial charge on any atom is -0.377 e. The van der Waals surface area contributed by atoms with Gasteiger partial charge in [0, 0.05) is 44.5 Å². The smallest absolute Gasteiger partial charge is 0.230 e. The van der Waals surface area contributed by atoms with Gasteiger partial charge >= 0.3 is 0 Å². The number of anilines is 2. The van der Waals surface area contributed by atoms with Crippen LogP contribution in [-0.4, -0.2) is 36.9 Å². The van der Waals surface area contributed by atoms with E-state index in [1.165, 1.54) is 0 Å². The van der Waals surface area contributed by atoms with Crippen molar-refractivity contribution in [3.63, 3.8) is 0 Å². The molecule has 5 nitrogen and oxygen atoms in total. The molecule has 1 atom stereocenters. The third-order valence-corrected chi connectivity index (χ3v) is 5.69. The highest BCUT2D eigenvalue weighted by Crippen LogP contribution is 2.35. The second kappa shape index (κ2) is 9.79. The Morgan fingerprint density at radius 3 is 2.33 bits per heavy atom. The van der Waals surface area contributed by atoms with E-state index in [0.717, 1.165) is 41.8 Å². The molecule has 1 aliphatic rings. The lowest BCUT2D eigenvalue weighted by Crippen LogP contribution is -2.36. The van der Waals surface area contributed by atoms with Crippen LogP contribution in [0.2, 0.25) is 0 Å². The van der Waals surface area contributed by atoms with Gasteiger partial charge < -0.3 is 15.1 Å². The van der Waals surface area contributed by atoms with Crippen molar-refractivity contribution < 1.29 is 9.59 Å². The van der Waals surface area contributed by atoms with Gasteiger partial charge in [0.15, 0.2) is 0 Å². The lowest BCUT2D eigenvalue weighted by molar-refractivity contribution is -0.134. The van der Waals surface area contributed by atoms with Gasteiger partial charge in [-0.25, -0.2) is 0 Å². The topological polar surface area (TPSA) is 52.7 Å². The molecule has 0 spiro atoms. The van der Waals surface area contributed by atoms with E-state index in [1.54, 1.807) is 0 Å². The summed E-state index contributed by atoms with van der Waals surface area (Å²) in [6.07, 6.45) is 3.33. The summed E-state index contributed by atoms with van der Waals surface area (Å²) in [5.41, 5.74) is 3.97. The molecule has 0 bridgehead atoms. The number of carbonyl (C=O) groups excluding carboxylic acids is 2. The maximum Gasteiger partial charge on any atom is 0.230 e. The Hall–Kier alpha value is -2.82. The standard InChI is InChI=1S/C25H33N3O2/c1-5-22(18-10-8-7-9-11-18)25(30)28(21-13-14-21)17-19-16-20(26-24(29)6-2)12-15-23(19)27(3)4/h7-12,15-16,21-22H,5-6,13-14,17H2,1-4H3,(H,26,29)/t22-/m0/s1. The molecule has 30 heavy (non-hydrogen) atoms. The van der Waals surface area contributed by atoms with Crippen LogP contribution < -0.4 is 10.2 Å². The predicted octanol–water partition coefficient (Wildman–Crippen LogP) is 4.79. The molecule has 2 aromatic rings. The van der Waals surface area contributed by atoms with Crippen LogP contribution in [-0.2, 0) is 16.1 Å². The molecule has 1 aliphatic carbocycles. The molecule has 0 radical (unpaired) electrons. The summed E-state index contributed by atoms with van der Waals surface area (Å²) in [4.78, 5) is 29.6. The number of benzene rings is 2. The Balaban J connectivity index is 1.89. The number of hydrogen-bond donors (Lipinski definition) is 1. The number of carbonyl (C=O) groups is 2.